The van der Waals surface area contributed by atoms with Crippen LogP contribution in [0, 0.1) is 5.82 Å². The third-order valence-corrected chi connectivity index (χ3v) is 6.17. The molecule has 0 atom stereocenters. The molecule has 2 N–H and O–H groups in total. The minimum absolute atomic E-state index is 0.00455. The molecule has 0 aliphatic carbocycles. The predicted molar refractivity (Wildman–Crippen MR) is 136 cm³/mol. The van der Waals surface area contributed by atoms with Crippen LogP contribution in [0.5, 0.6) is 11.5 Å². The summed E-state index contributed by atoms with van der Waals surface area (Å²) in [6.07, 6.45) is -3.02. The molecule has 0 bridgehead atoms. The molecule has 7 nitrogen and oxygen atoms in total. The molecule has 0 spiro atoms. The minimum atomic E-state index is -4.73. The molecule has 1 fully saturated rings. The number of aromatic nitrogens is 2. The summed E-state index contributed by atoms with van der Waals surface area (Å²) in [4.78, 5) is 23.8. The molecule has 0 radical (unpaired) electrons. The zero-order valence-corrected chi connectivity index (χ0v) is 20.4. The normalized spacial score (nSPS) is 14.0. The molecule has 1 saturated heterocycles. The predicted octanol–water partition coefficient (Wildman–Crippen LogP) is 5.90. The highest BCUT2D eigenvalue weighted by molar-refractivity contribution is 6.31. The van der Waals surface area contributed by atoms with Crippen LogP contribution >= 0.6 is 11.6 Å². The Labute approximate surface area is 219 Å². The number of rotatable bonds is 5. The summed E-state index contributed by atoms with van der Waals surface area (Å²) in [7, 11) is 0. The van der Waals surface area contributed by atoms with Crippen molar-refractivity contribution in [3.8, 4) is 11.5 Å². The van der Waals surface area contributed by atoms with Crippen LogP contribution in [0.4, 0.5) is 29.1 Å². The van der Waals surface area contributed by atoms with E-state index in [1.54, 1.807) is 24.4 Å². The van der Waals surface area contributed by atoms with Gasteiger partial charge in [0.05, 0.1) is 27.8 Å². The monoisotopic (exact) mass is 545 g/mol. The number of carbonyl (C=O) groups excluding carboxylic acids is 1. The molecule has 0 saturated carbocycles. The molecule has 38 heavy (non-hydrogen) atoms. The highest BCUT2D eigenvalue weighted by Crippen LogP contribution is 2.35. The average molecular weight is 546 g/mol. The summed E-state index contributed by atoms with van der Waals surface area (Å²) in [6.45, 7) is 3.31. The van der Waals surface area contributed by atoms with E-state index in [-0.39, 0.29) is 17.0 Å². The fourth-order valence-corrected chi connectivity index (χ4v) is 4.23. The molecule has 0 unspecified atom stereocenters. The number of piperazine rings is 1. The van der Waals surface area contributed by atoms with Crippen molar-refractivity contribution in [1.82, 2.24) is 15.3 Å². The number of benzene rings is 3. The highest BCUT2D eigenvalue weighted by Gasteiger charge is 2.33. The fraction of sp³-hybridized carbons (Fsp3) is 0.192. The SMILES string of the molecule is O=C(Nc1cc(F)cc(Oc2ccc3ncc(N4CCNCC4)nc3c2)c1)c1ccc(Cl)c(C(F)(F)F)c1. The van der Waals surface area contributed by atoms with Crippen LogP contribution < -0.4 is 20.3 Å². The number of carbonyl (C=O) groups is 1. The van der Waals surface area contributed by atoms with Gasteiger partial charge in [-0.25, -0.2) is 9.37 Å². The summed E-state index contributed by atoms with van der Waals surface area (Å²) in [5, 5.41) is 5.14. The van der Waals surface area contributed by atoms with Crippen LogP contribution in [-0.2, 0) is 6.18 Å². The van der Waals surface area contributed by atoms with Crippen molar-refractivity contribution in [3.05, 3.63) is 82.8 Å². The van der Waals surface area contributed by atoms with Crippen LogP contribution in [0.25, 0.3) is 11.0 Å². The first-order chi connectivity index (χ1) is 18.2. The highest BCUT2D eigenvalue weighted by atomic mass is 35.5. The second-order valence-electron chi connectivity index (χ2n) is 8.54. The number of nitrogens with zero attached hydrogens (tertiary/aromatic N) is 3. The maximum absolute atomic E-state index is 14.3. The van der Waals surface area contributed by atoms with Gasteiger partial charge < -0.3 is 20.3 Å². The standard InChI is InChI=1S/C26H20ClF4N5O2/c27-21-3-1-15(9-20(21)26(29,30)31)25(37)34-17-10-16(28)11-19(12-17)38-18-2-4-22-23(13-18)35-24(14-33-22)36-7-5-32-6-8-36/h1-4,9-14,32H,5-8H2,(H,34,37). The van der Waals surface area contributed by atoms with Gasteiger partial charge in [-0.05, 0) is 36.4 Å². The molecule has 1 aliphatic rings. The van der Waals surface area contributed by atoms with Gasteiger partial charge in [0.25, 0.3) is 5.91 Å². The molecule has 3 aromatic carbocycles. The largest absolute Gasteiger partial charge is 0.457 e. The van der Waals surface area contributed by atoms with E-state index in [2.05, 4.69) is 25.5 Å². The summed E-state index contributed by atoms with van der Waals surface area (Å²) in [5.41, 5.74) is -0.192. The van der Waals surface area contributed by atoms with E-state index in [0.717, 1.165) is 56.3 Å². The van der Waals surface area contributed by atoms with Gasteiger partial charge in [-0.2, -0.15) is 13.2 Å². The second-order valence-corrected chi connectivity index (χ2v) is 8.95. The molecule has 1 aliphatic heterocycles. The first-order valence-electron chi connectivity index (χ1n) is 11.5. The van der Waals surface area contributed by atoms with Gasteiger partial charge in [0, 0.05) is 55.6 Å². The number of nitrogens with one attached hydrogen (secondary N) is 2. The van der Waals surface area contributed by atoms with Crippen molar-refractivity contribution in [3.63, 3.8) is 0 Å². The number of alkyl halides is 3. The molecular weight excluding hydrogens is 526 g/mol. The number of hydrogen-bond donors (Lipinski definition) is 2. The summed E-state index contributed by atoms with van der Waals surface area (Å²) < 4.78 is 59.6. The Morgan fingerprint density at radius 1 is 1.00 bits per heavy atom. The van der Waals surface area contributed by atoms with Gasteiger partial charge in [-0.1, -0.05) is 11.6 Å². The van der Waals surface area contributed by atoms with Gasteiger partial charge in [-0.3, -0.25) is 9.78 Å². The van der Waals surface area contributed by atoms with Crippen LogP contribution in [0.2, 0.25) is 5.02 Å². The molecule has 2 heterocycles. The Bertz CT molecular complexity index is 1510. The zero-order chi connectivity index (χ0) is 26.9. The van der Waals surface area contributed by atoms with Crippen LogP contribution in [0.15, 0.2) is 60.8 Å². The average Bonchev–Trinajstić information content (AvgIpc) is 2.88. The molecule has 12 heteroatoms. The first-order valence-corrected chi connectivity index (χ1v) is 11.9. The summed E-state index contributed by atoms with van der Waals surface area (Å²) in [5.74, 6) is -0.419. The van der Waals surface area contributed by atoms with Crippen molar-refractivity contribution >= 4 is 40.0 Å². The van der Waals surface area contributed by atoms with E-state index >= 15 is 0 Å². The lowest BCUT2D eigenvalue weighted by molar-refractivity contribution is -0.137. The summed E-state index contributed by atoms with van der Waals surface area (Å²) >= 11 is 5.62. The van der Waals surface area contributed by atoms with Gasteiger partial charge in [0.15, 0.2) is 0 Å². The lowest BCUT2D eigenvalue weighted by Crippen LogP contribution is -2.43. The van der Waals surface area contributed by atoms with Crippen molar-refractivity contribution in [1.29, 1.82) is 0 Å². The number of halogens is 5. The van der Waals surface area contributed by atoms with E-state index in [9.17, 15) is 22.4 Å². The molecular formula is C26H20ClF4N5O2. The molecule has 5 rings (SSSR count). The van der Waals surface area contributed by atoms with E-state index in [1.807, 2.05) is 0 Å². The van der Waals surface area contributed by atoms with Crippen molar-refractivity contribution in [2.24, 2.45) is 0 Å². The van der Waals surface area contributed by atoms with Crippen molar-refractivity contribution in [2.75, 3.05) is 36.4 Å². The van der Waals surface area contributed by atoms with Crippen molar-refractivity contribution < 1.29 is 27.1 Å². The Kier molecular flexibility index (Phi) is 7.04. The quantitative estimate of drug-likeness (QED) is 0.304. The molecule has 1 aromatic heterocycles. The minimum Gasteiger partial charge on any atom is -0.457 e. The Morgan fingerprint density at radius 2 is 1.79 bits per heavy atom. The number of hydrogen-bond acceptors (Lipinski definition) is 6. The van der Waals surface area contributed by atoms with Gasteiger partial charge in [0.2, 0.25) is 0 Å². The number of amides is 1. The van der Waals surface area contributed by atoms with Gasteiger partial charge in [0.1, 0.15) is 23.1 Å². The molecule has 196 valence electrons. The second kappa shape index (κ2) is 10.4. The number of fused-ring (bicyclic) bond motifs is 1. The zero-order valence-electron chi connectivity index (χ0n) is 19.6. The Balaban J connectivity index is 1.35. The maximum Gasteiger partial charge on any atom is 0.417 e. The summed E-state index contributed by atoms with van der Waals surface area (Å²) in [6, 6.07) is 11.3. The van der Waals surface area contributed by atoms with Crippen LogP contribution in [0.3, 0.4) is 0 Å². The number of ether oxygens (including phenoxy) is 1. The van der Waals surface area contributed by atoms with E-state index in [1.165, 1.54) is 6.07 Å². The Hall–Kier alpha value is -3.96. The smallest absolute Gasteiger partial charge is 0.417 e. The third kappa shape index (κ3) is 5.79. The van der Waals surface area contributed by atoms with Crippen LogP contribution in [0.1, 0.15) is 15.9 Å². The first kappa shape index (κ1) is 25.7. The Morgan fingerprint density at radius 3 is 2.55 bits per heavy atom. The van der Waals surface area contributed by atoms with Gasteiger partial charge >= 0.3 is 6.18 Å². The maximum atomic E-state index is 14.3. The lowest BCUT2D eigenvalue weighted by atomic mass is 10.1. The fourth-order valence-electron chi connectivity index (χ4n) is 4.01. The molecule has 4 aromatic rings. The van der Waals surface area contributed by atoms with Gasteiger partial charge in [-0.15, -0.1) is 0 Å². The molecule has 1 amide bonds. The lowest BCUT2D eigenvalue weighted by Gasteiger charge is -2.28. The third-order valence-electron chi connectivity index (χ3n) is 5.84. The van der Waals surface area contributed by atoms with E-state index in [0.29, 0.717) is 22.8 Å². The van der Waals surface area contributed by atoms with E-state index < -0.39 is 28.5 Å². The van der Waals surface area contributed by atoms with E-state index in [4.69, 9.17) is 16.3 Å². The topological polar surface area (TPSA) is 79.4 Å². The number of anilines is 2. The van der Waals surface area contributed by atoms with Crippen LogP contribution in [-0.4, -0.2) is 42.1 Å². The van der Waals surface area contributed by atoms with Crippen molar-refractivity contribution in [2.45, 2.75) is 6.18 Å².